The Morgan fingerprint density at radius 1 is 1.35 bits per heavy atom. The third-order valence-electron chi connectivity index (χ3n) is 4.08. The zero-order valence-corrected chi connectivity index (χ0v) is 15.6. The van der Waals surface area contributed by atoms with Crippen molar-refractivity contribution < 1.29 is 4.52 Å². The maximum absolute atomic E-state index is 4.85. The lowest BCUT2D eigenvalue weighted by molar-refractivity contribution is 0.409. The quantitative estimate of drug-likeness (QED) is 0.464. The van der Waals surface area contributed by atoms with Crippen LogP contribution in [0.3, 0.4) is 0 Å². The largest absolute Gasteiger partial charge is 0.364 e. The highest BCUT2D eigenvalue weighted by Gasteiger charge is 2.24. The Balaban J connectivity index is 0.00000192. The van der Waals surface area contributed by atoms with Crippen LogP contribution in [0.1, 0.15) is 17.7 Å². The molecule has 23 heavy (non-hydrogen) atoms. The predicted molar refractivity (Wildman–Crippen MR) is 102 cm³/mol. The van der Waals surface area contributed by atoms with E-state index in [1.54, 1.807) is 6.26 Å². The zero-order chi connectivity index (χ0) is 15.2. The van der Waals surface area contributed by atoms with Crippen molar-refractivity contribution in [2.45, 2.75) is 19.4 Å². The van der Waals surface area contributed by atoms with E-state index in [1.807, 2.05) is 13.1 Å². The molecule has 0 spiro atoms. The number of rotatable bonds is 4. The van der Waals surface area contributed by atoms with E-state index in [-0.39, 0.29) is 24.0 Å². The molecule has 0 radical (unpaired) electrons. The van der Waals surface area contributed by atoms with Crippen LogP contribution in [0.2, 0.25) is 0 Å². The Bertz CT molecular complexity index is 600. The van der Waals surface area contributed by atoms with Crippen molar-refractivity contribution in [3.63, 3.8) is 0 Å². The van der Waals surface area contributed by atoms with Gasteiger partial charge >= 0.3 is 0 Å². The second-order valence-electron chi connectivity index (χ2n) is 5.68. The van der Waals surface area contributed by atoms with E-state index in [0.29, 0.717) is 12.5 Å². The number of aliphatic imine (C=N–C) groups is 1. The van der Waals surface area contributed by atoms with Crippen LogP contribution in [0.25, 0.3) is 0 Å². The Kier molecular flexibility index (Phi) is 6.88. The summed E-state index contributed by atoms with van der Waals surface area (Å²) >= 11 is 0. The Hall–Kier alpha value is -1.57. The van der Waals surface area contributed by atoms with Crippen LogP contribution >= 0.6 is 24.0 Å². The molecule has 1 unspecified atom stereocenters. The second kappa shape index (κ2) is 8.90. The molecule has 0 aliphatic carbocycles. The van der Waals surface area contributed by atoms with Crippen molar-refractivity contribution >= 4 is 29.9 Å². The molecule has 124 valence electrons. The molecular formula is C17H23IN4O. The van der Waals surface area contributed by atoms with Gasteiger partial charge in [0.05, 0.1) is 6.54 Å². The summed E-state index contributed by atoms with van der Waals surface area (Å²) in [6.07, 6.45) is 3.93. The van der Waals surface area contributed by atoms with E-state index in [9.17, 15) is 0 Å². The van der Waals surface area contributed by atoms with Gasteiger partial charge in [-0.05, 0) is 24.3 Å². The molecule has 0 saturated carbocycles. The van der Waals surface area contributed by atoms with Crippen LogP contribution in [0.15, 0.2) is 52.2 Å². The summed E-state index contributed by atoms with van der Waals surface area (Å²) in [4.78, 5) is 6.71. The second-order valence-corrected chi connectivity index (χ2v) is 5.68. The number of aromatic nitrogens is 1. The number of halogens is 1. The maximum Gasteiger partial charge on any atom is 0.193 e. The minimum absolute atomic E-state index is 0. The fourth-order valence-electron chi connectivity index (χ4n) is 2.97. The van der Waals surface area contributed by atoms with Gasteiger partial charge in [-0.1, -0.05) is 35.5 Å². The van der Waals surface area contributed by atoms with E-state index in [1.165, 1.54) is 12.0 Å². The molecule has 0 amide bonds. The Morgan fingerprint density at radius 2 is 2.17 bits per heavy atom. The lowest BCUT2D eigenvalue weighted by Crippen LogP contribution is -2.39. The molecule has 1 fully saturated rings. The van der Waals surface area contributed by atoms with Gasteiger partial charge < -0.3 is 14.7 Å². The monoisotopic (exact) mass is 426 g/mol. The van der Waals surface area contributed by atoms with E-state index in [0.717, 1.165) is 31.2 Å². The van der Waals surface area contributed by atoms with Gasteiger partial charge in [0.15, 0.2) is 5.96 Å². The van der Waals surface area contributed by atoms with Crippen LogP contribution < -0.4 is 5.32 Å². The minimum atomic E-state index is 0. The molecule has 6 heteroatoms. The average Bonchev–Trinajstić information content (AvgIpc) is 3.21. The van der Waals surface area contributed by atoms with Crippen molar-refractivity contribution in [2.24, 2.45) is 10.9 Å². The van der Waals surface area contributed by atoms with Crippen LogP contribution in [0.4, 0.5) is 0 Å². The number of likely N-dealkylation sites (tertiary alicyclic amines) is 1. The summed E-state index contributed by atoms with van der Waals surface area (Å²) < 4.78 is 4.85. The summed E-state index contributed by atoms with van der Waals surface area (Å²) in [5.74, 6) is 1.63. The number of benzene rings is 1. The number of guanidine groups is 1. The van der Waals surface area contributed by atoms with Crippen LogP contribution in [0.5, 0.6) is 0 Å². The van der Waals surface area contributed by atoms with Crippen molar-refractivity contribution in [1.29, 1.82) is 0 Å². The van der Waals surface area contributed by atoms with Crippen molar-refractivity contribution in [1.82, 2.24) is 15.4 Å². The van der Waals surface area contributed by atoms with Gasteiger partial charge in [-0.3, -0.25) is 4.99 Å². The molecule has 0 bridgehead atoms. The van der Waals surface area contributed by atoms with E-state index >= 15 is 0 Å². The van der Waals surface area contributed by atoms with E-state index in [4.69, 9.17) is 4.52 Å². The number of nitrogens with zero attached hydrogens (tertiary/aromatic N) is 3. The van der Waals surface area contributed by atoms with Gasteiger partial charge in [-0.15, -0.1) is 24.0 Å². The molecule has 1 aliphatic heterocycles. The lowest BCUT2D eigenvalue weighted by Gasteiger charge is -2.21. The summed E-state index contributed by atoms with van der Waals surface area (Å²) in [6.45, 7) is 2.74. The molecule has 5 nitrogen and oxygen atoms in total. The van der Waals surface area contributed by atoms with Gasteiger partial charge in [0.1, 0.15) is 12.0 Å². The average molecular weight is 426 g/mol. The zero-order valence-electron chi connectivity index (χ0n) is 13.3. The number of hydrogen-bond donors (Lipinski definition) is 1. The lowest BCUT2D eigenvalue weighted by atomic mass is 9.99. The molecule has 1 N–H and O–H groups in total. The molecule has 1 aromatic carbocycles. The molecule has 1 aromatic heterocycles. The van der Waals surface area contributed by atoms with E-state index in [2.05, 4.69) is 50.7 Å². The van der Waals surface area contributed by atoms with E-state index < -0.39 is 0 Å². The standard InChI is InChI=1S/C17H22N4O.HI/c1-18-17(19-12-16-8-10-22-20-16)21-9-7-15(13-21)11-14-5-3-2-4-6-14;/h2-6,8,10,15H,7,9,11-13H2,1H3,(H,18,19);1H. The first-order chi connectivity index (χ1) is 10.8. The van der Waals surface area contributed by atoms with Crippen LogP contribution in [-0.2, 0) is 13.0 Å². The fourth-order valence-corrected chi connectivity index (χ4v) is 2.97. The first kappa shape index (κ1) is 17.8. The van der Waals surface area contributed by atoms with Crippen molar-refractivity contribution in [3.8, 4) is 0 Å². The highest BCUT2D eigenvalue weighted by atomic mass is 127. The summed E-state index contributed by atoms with van der Waals surface area (Å²) in [7, 11) is 1.83. The molecule has 1 atom stereocenters. The first-order valence-corrected chi connectivity index (χ1v) is 7.74. The minimum Gasteiger partial charge on any atom is -0.364 e. The molecule has 1 saturated heterocycles. The first-order valence-electron chi connectivity index (χ1n) is 7.74. The third kappa shape index (κ3) is 4.95. The van der Waals surface area contributed by atoms with Crippen LogP contribution in [0, 0.1) is 5.92 Å². The third-order valence-corrected chi connectivity index (χ3v) is 4.08. The topological polar surface area (TPSA) is 53.7 Å². The molecule has 2 aromatic rings. The Labute approximate surface area is 154 Å². The van der Waals surface area contributed by atoms with Gasteiger partial charge in [-0.2, -0.15) is 0 Å². The van der Waals surface area contributed by atoms with Gasteiger partial charge in [0, 0.05) is 26.2 Å². The predicted octanol–water partition coefficient (Wildman–Crippen LogP) is 2.93. The van der Waals surface area contributed by atoms with Crippen molar-refractivity contribution in [3.05, 3.63) is 53.9 Å². The summed E-state index contributed by atoms with van der Waals surface area (Å²) in [5, 5.41) is 7.26. The smallest absolute Gasteiger partial charge is 0.193 e. The summed E-state index contributed by atoms with van der Waals surface area (Å²) in [6, 6.07) is 12.6. The highest BCUT2D eigenvalue weighted by Crippen LogP contribution is 2.20. The van der Waals surface area contributed by atoms with Crippen LogP contribution in [-0.4, -0.2) is 36.2 Å². The van der Waals surface area contributed by atoms with Gasteiger partial charge in [0.25, 0.3) is 0 Å². The highest BCUT2D eigenvalue weighted by molar-refractivity contribution is 14.0. The van der Waals surface area contributed by atoms with Gasteiger partial charge in [-0.25, -0.2) is 0 Å². The summed E-state index contributed by atoms with van der Waals surface area (Å²) in [5.41, 5.74) is 2.31. The Morgan fingerprint density at radius 3 is 2.87 bits per heavy atom. The molecular weight excluding hydrogens is 403 g/mol. The number of hydrogen-bond acceptors (Lipinski definition) is 3. The number of nitrogens with one attached hydrogen (secondary N) is 1. The molecule has 2 heterocycles. The molecule has 3 rings (SSSR count). The maximum atomic E-state index is 4.85. The van der Waals surface area contributed by atoms with Gasteiger partial charge in [0.2, 0.25) is 0 Å². The SMILES string of the molecule is CN=C(NCc1ccon1)N1CCC(Cc2ccccc2)C1.I. The normalized spacial score (nSPS) is 17.9. The molecule has 1 aliphatic rings. The van der Waals surface area contributed by atoms with Crippen molar-refractivity contribution in [2.75, 3.05) is 20.1 Å². The fraction of sp³-hybridized carbons (Fsp3) is 0.412.